The summed E-state index contributed by atoms with van der Waals surface area (Å²) in [6, 6.07) is 0. The van der Waals surface area contributed by atoms with E-state index in [0.717, 1.165) is 19.5 Å². The number of hydrogen-bond acceptors (Lipinski definition) is 3. The smallest absolute Gasteiger partial charge is 0.216 e. The molecule has 0 aromatic heterocycles. The van der Waals surface area contributed by atoms with Gasteiger partial charge in [0.2, 0.25) is 5.91 Å². The van der Waals surface area contributed by atoms with Gasteiger partial charge in [-0.25, -0.2) is 0 Å². The van der Waals surface area contributed by atoms with Crippen LogP contribution in [0.5, 0.6) is 0 Å². The van der Waals surface area contributed by atoms with Gasteiger partial charge in [-0.05, 0) is 19.9 Å². The fourth-order valence-electron chi connectivity index (χ4n) is 0.763. The van der Waals surface area contributed by atoms with E-state index in [2.05, 4.69) is 10.6 Å². The number of rotatable bonds is 6. The molecule has 1 unspecified atom stereocenters. The van der Waals surface area contributed by atoms with Gasteiger partial charge in [0.25, 0.3) is 0 Å². The van der Waals surface area contributed by atoms with Crippen LogP contribution in [0.25, 0.3) is 0 Å². The molecule has 1 amide bonds. The first-order valence-corrected chi connectivity index (χ1v) is 4.26. The van der Waals surface area contributed by atoms with Crippen LogP contribution in [0.3, 0.4) is 0 Å². The zero-order valence-electron chi connectivity index (χ0n) is 7.76. The van der Waals surface area contributed by atoms with Crippen LogP contribution in [0.15, 0.2) is 0 Å². The Bertz CT molecular complexity index is 126. The first kappa shape index (κ1) is 11.4. The van der Waals surface area contributed by atoms with Gasteiger partial charge in [-0.15, -0.1) is 0 Å². The highest BCUT2D eigenvalue weighted by Gasteiger charge is 1.94. The molecule has 0 fully saturated rings. The third kappa shape index (κ3) is 9.39. The molecular weight excluding hydrogens is 156 g/mol. The molecule has 12 heavy (non-hydrogen) atoms. The lowest BCUT2D eigenvalue weighted by atomic mass is 10.3. The molecule has 0 radical (unpaired) electrons. The van der Waals surface area contributed by atoms with Crippen molar-refractivity contribution in [2.75, 3.05) is 19.6 Å². The van der Waals surface area contributed by atoms with Crippen LogP contribution in [0.4, 0.5) is 0 Å². The Morgan fingerprint density at radius 3 is 2.58 bits per heavy atom. The van der Waals surface area contributed by atoms with Crippen LogP contribution >= 0.6 is 0 Å². The van der Waals surface area contributed by atoms with E-state index >= 15 is 0 Å². The second kappa shape index (κ2) is 7.06. The maximum atomic E-state index is 10.4. The number of aliphatic hydroxyl groups excluding tert-OH is 1. The van der Waals surface area contributed by atoms with Gasteiger partial charge in [-0.3, -0.25) is 4.79 Å². The predicted octanol–water partition coefficient (Wildman–Crippen LogP) is -0.517. The molecule has 0 aromatic carbocycles. The molecule has 0 heterocycles. The third-order valence-corrected chi connectivity index (χ3v) is 1.41. The lowest BCUT2D eigenvalue weighted by Crippen LogP contribution is -2.31. The number of carbonyl (C=O) groups is 1. The van der Waals surface area contributed by atoms with Gasteiger partial charge in [0.05, 0.1) is 6.10 Å². The summed E-state index contributed by atoms with van der Waals surface area (Å²) in [5, 5.41) is 14.7. The van der Waals surface area contributed by atoms with Crippen molar-refractivity contribution < 1.29 is 9.90 Å². The van der Waals surface area contributed by atoms with Crippen molar-refractivity contribution >= 4 is 5.91 Å². The van der Waals surface area contributed by atoms with Crippen LogP contribution in [-0.2, 0) is 4.79 Å². The van der Waals surface area contributed by atoms with E-state index in [1.807, 2.05) is 0 Å². The summed E-state index contributed by atoms with van der Waals surface area (Å²) in [7, 11) is 0. The number of aliphatic hydroxyl groups is 1. The van der Waals surface area contributed by atoms with Crippen molar-refractivity contribution in [2.45, 2.75) is 26.4 Å². The largest absolute Gasteiger partial charge is 0.393 e. The molecule has 4 nitrogen and oxygen atoms in total. The number of hydrogen-bond donors (Lipinski definition) is 3. The highest BCUT2D eigenvalue weighted by Crippen LogP contribution is 1.84. The number of carbonyl (C=O) groups excluding carboxylic acids is 1. The fraction of sp³-hybridized carbons (Fsp3) is 0.875. The monoisotopic (exact) mass is 174 g/mol. The lowest BCUT2D eigenvalue weighted by molar-refractivity contribution is -0.118. The molecule has 0 aliphatic carbocycles. The van der Waals surface area contributed by atoms with Crippen LogP contribution in [0.1, 0.15) is 20.3 Å². The Morgan fingerprint density at radius 2 is 2.08 bits per heavy atom. The van der Waals surface area contributed by atoms with Crippen molar-refractivity contribution in [1.29, 1.82) is 0 Å². The summed E-state index contributed by atoms with van der Waals surface area (Å²) in [6.45, 7) is 5.45. The molecule has 3 N–H and O–H groups in total. The average Bonchev–Trinajstić information content (AvgIpc) is 1.95. The summed E-state index contributed by atoms with van der Waals surface area (Å²) < 4.78 is 0. The van der Waals surface area contributed by atoms with Crippen molar-refractivity contribution in [3.05, 3.63) is 0 Å². The van der Waals surface area contributed by atoms with Crippen molar-refractivity contribution in [3.8, 4) is 0 Å². The summed E-state index contributed by atoms with van der Waals surface area (Å²) in [5.74, 6) is -0.00711. The van der Waals surface area contributed by atoms with Crippen molar-refractivity contribution in [2.24, 2.45) is 0 Å². The lowest BCUT2D eigenvalue weighted by Gasteiger charge is -2.06. The second-order valence-electron chi connectivity index (χ2n) is 2.87. The van der Waals surface area contributed by atoms with Gasteiger partial charge in [-0.2, -0.15) is 0 Å². The summed E-state index contributed by atoms with van der Waals surface area (Å²) in [6.07, 6.45) is 0.498. The minimum absolute atomic E-state index is 0.00711. The highest BCUT2D eigenvalue weighted by molar-refractivity contribution is 5.72. The maximum absolute atomic E-state index is 10.4. The van der Waals surface area contributed by atoms with E-state index < -0.39 is 0 Å². The van der Waals surface area contributed by atoms with Gasteiger partial charge < -0.3 is 15.7 Å². The Kier molecular flexibility index (Phi) is 6.70. The normalized spacial score (nSPS) is 12.6. The quantitative estimate of drug-likeness (QED) is 0.475. The molecule has 0 rings (SSSR count). The van der Waals surface area contributed by atoms with Crippen LogP contribution in [0, 0.1) is 0 Å². The molecule has 0 aliphatic rings. The standard InChI is InChI=1S/C8H18N2O2/c1-7(11)3-4-9-5-6-10-8(2)12/h7,9,11H,3-6H2,1-2H3,(H,10,12). The minimum atomic E-state index is -0.252. The van der Waals surface area contributed by atoms with Gasteiger partial charge >= 0.3 is 0 Å². The van der Waals surface area contributed by atoms with E-state index in [0.29, 0.717) is 6.54 Å². The van der Waals surface area contributed by atoms with Gasteiger partial charge in [0.1, 0.15) is 0 Å². The molecule has 4 heteroatoms. The van der Waals surface area contributed by atoms with Crippen molar-refractivity contribution in [3.63, 3.8) is 0 Å². The van der Waals surface area contributed by atoms with Crippen LogP contribution < -0.4 is 10.6 Å². The SMILES string of the molecule is CC(=O)NCCNCCC(C)O. The molecule has 72 valence electrons. The molecule has 0 bridgehead atoms. The van der Waals surface area contributed by atoms with E-state index in [4.69, 9.17) is 5.11 Å². The van der Waals surface area contributed by atoms with Gasteiger partial charge in [-0.1, -0.05) is 0 Å². The first-order chi connectivity index (χ1) is 5.63. The van der Waals surface area contributed by atoms with E-state index in [1.165, 1.54) is 6.92 Å². The molecule has 0 saturated carbocycles. The molecule has 0 saturated heterocycles. The number of nitrogens with one attached hydrogen (secondary N) is 2. The Balaban J connectivity index is 2.96. The van der Waals surface area contributed by atoms with Gasteiger partial charge in [0.15, 0.2) is 0 Å². The van der Waals surface area contributed by atoms with Crippen molar-refractivity contribution in [1.82, 2.24) is 10.6 Å². The minimum Gasteiger partial charge on any atom is -0.393 e. The highest BCUT2D eigenvalue weighted by atomic mass is 16.3. The van der Waals surface area contributed by atoms with Gasteiger partial charge in [0, 0.05) is 20.0 Å². The second-order valence-corrected chi connectivity index (χ2v) is 2.87. The summed E-state index contributed by atoms with van der Waals surface area (Å²) >= 11 is 0. The van der Waals surface area contributed by atoms with E-state index in [1.54, 1.807) is 6.92 Å². The third-order valence-electron chi connectivity index (χ3n) is 1.41. The first-order valence-electron chi connectivity index (χ1n) is 4.26. The van der Waals surface area contributed by atoms with E-state index in [-0.39, 0.29) is 12.0 Å². The summed E-state index contributed by atoms with van der Waals surface area (Å²) in [4.78, 5) is 10.4. The molecule has 0 aromatic rings. The average molecular weight is 174 g/mol. The maximum Gasteiger partial charge on any atom is 0.216 e. The Hall–Kier alpha value is -0.610. The number of amides is 1. The zero-order valence-corrected chi connectivity index (χ0v) is 7.76. The molecule has 1 atom stereocenters. The summed E-state index contributed by atoms with van der Waals surface area (Å²) in [5.41, 5.74) is 0. The Morgan fingerprint density at radius 1 is 1.42 bits per heavy atom. The van der Waals surface area contributed by atoms with Crippen LogP contribution in [0.2, 0.25) is 0 Å². The molecule has 0 aliphatic heterocycles. The predicted molar refractivity (Wildman–Crippen MR) is 47.9 cm³/mol. The molecule has 0 spiro atoms. The fourth-order valence-corrected chi connectivity index (χ4v) is 0.763. The zero-order chi connectivity index (χ0) is 9.40. The Labute approximate surface area is 73.3 Å². The molecular formula is C8H18N2O2. The van der Waals surface area contributed by atoms with E-state index in [9.17, 15) is 4.79 Å². The van der Waals surface area contributed by atoms with Crippen LogP contribution in [-0.4, -0.2) is 36.8 Å². The topological polar surface area (TPSA) is 61.4 Å².